The van der Waals surface area contributed by atoms with Crippen LogP contribution in [0.1, 0.15) is 39.3 Å². The summed E-state index contributed by atoms with van der Waals surface area (Å²) < 4.78 is 5.35. The lowest BCUT2D eigenvalue weighted by molar-refractivity contribution is -0.130. The van der Waals surface area contributed by atoms with Gasteiger partial charge in [-0.15, -0.1) is 0 Å². The summed E-state index contributed by atoms with van der Waals surface area (Å²) in [6.45, 7) is 6.63. The molecule has 23 heavy (non-hydrogen) atoms. The molecule has 1 aromatic heterocycles. The number of amides is 1. The smallest absolute Gasteiger partial charge is 0.410 e. The van der Waals surface area contributed by atoms with Gasteiger partial charge >= 0.3 is 12.1 Å². The summed E-state index contributed by atoms with van der Waals surface area (Å²) in [5.74, 6) is -0.886. The van der Waals surface area contributed by atoms with Gasteiger partial charge in [0.1, 0.15) is 5.60 Å². The highest BCUT2D eigenvalue weighted by molar-refractivity contribution is 6.14. The molecule has 1 saturated heterocycles. The summed E-state index contributed by atoms with van der Waals surface area (Å²) in [6, 6.07) is 0. The first-order chi connectivity index (χ1) is 10.8. The van der Waals surface area contributed by atoms with E-state index in [9.17, 15) is 14.7 Å². The molecule has 0 unspecified atom stereocenters. The van der Waals surface area contributed by atoms with Crippen LogP contribution in [0.25, 0.3) is 5.57 Å². The fourth-order valence-corrected chi connectivity index (χ4v) is 2.48. The highest BCUT2D eigenvalue weighted by atomic mass is 16.6. The molecule has 7 nitrogen and oxygen atoms in total. The second kappa shape index (κ2) is 6.85. The Morgan fingerprint density at radius 2 is 2.04 bits per heavy atom. The third-order valence-electron chi connectivity index (χ3n) is 3.60. The van der Waals surface area contributed by atoms with E-state index in [0.29, 0.717) is 31.6 Å². The summed E-state index contributed by atoms with van der Waals surface area (Å²) >= 11 is 0. The first-order valence-electron chi connectivity index (χ1n) is 7.68. The Labute approximate surface area is 135 Å². The van der Waals surface area contributed by atoms with Crippen molar-refractivity contribution in [2.75, 3.05) is 13.1 Å². The van der Waals surface area contributed by atoms with Gasteiger partial charge in [0.15, 0.2) is 0 Å². The largest absolute Gasteiger partial charge is 0.478 e. The van der Waals surface area contributed by atoms with Crippen LogP contribution in [0.2, 0.25) is 0 Å². The average Bonchev–Trinajstić information content (AvgIpc) is 2.97. The third kappa shape index (κ3) is 4.84. The van der Waals surface area contributed by atoms with Crippen LogP contribution in [0.5, 0.6) is 0 Å². The third-order valence-corrected chi connectivity index (χ3v) is 3.60. The van der Waals surface area contributed by atoms with E-state index >= 15 is 0 Å². The van der Waals surface area contributed by atoms with Gasteiger partial charge in [-0.2, -0.15) is 0 Å². The van der Waals surface area contributed by atoms with Gasteiger partial charge in [-0.05, 0) is 39.5 Å². The molecule has 2 rings (SSSR count). The van der Waals surface area contributed by atoms with Crippen LogP contribution in [-0.2, 0) is 9.53 Å². The van der Waals surface area contributed by atoms with Crippen LogP contribution in [0, 0.1) is 5.92 Å². The van der Waals surface area contributed by atoms with Crippen molar-refractivity contribution in [3.8, 4) is 0 Å². The van der Waals surface area contributed by atoms with E-state index in [-0.39, 0.29) is 17.6 Å². The van der Waals surface area contributed by atoms with Crippen LogP contribution < -0.4 is 0 Å². The summed E-state index contributed by atoms with van der Waals surface area (Å²) in [5, 5.41) is 9.34. The Bertz CT molecular complexity index is 579. The van der Waals surface area contributed by atoms with Crippen molar-refractivity contribution in [1.29, 1.82) is 0 Å². The zero-order valence-corrected chi connectivity index (χ0v) is 13.7. The summed E-state index contributed by atoms with van der Waals surface area (Å²) in [5.41, 5.74) is 0.110. The molecule has 1 aliphatic heterocycles. The molecular formula is C16H23N3O4. The van der Waals surface area contributed by atoms with Gasteiger partial charge in [0.2, 0.25) is 0 Å². The molecule has 1 amide bonds. The first kappa shape index (κ1) is 17.1. The number of likely N-dealkylation sites (tertiary alicyclic amines) is 1. The number of aromatic amines is 1. The van der Waals surface area contributed by atoms with Gasteiger partial charge in [-0.1, -0.05) is 6.08 Å². The number of H-pyrrole nitrogens is 1. The topological polar surface area (TPSA) is 95.5 Å². The van der Waals surface area contributed by atoms with E-state index < -0.39 is 11.6 Å². The molecule has 0 radical (unpaired) electrons. The maximum absolute atomic E-state index is 12.0. The molecule has 2 N–H and O–H groups in total. The Kier molecular flexibility index (Phi) is 5.08. The van der Waals surface area contributed by atoms with E-state index in [4.69, 9.17) is 4.74 Å². The Morgan fingerprint density at radius 3 is 2.52 bits per heavy atom. The molecule has 7 heteroatoms. The molecule has 0 saturated carbocycles. The molecule has 1 aromatic rings. The van der Waals surface area contributed by atoms with Crippen LogP contribution >= 0.6 is 0 Å². The molecule has 1 fully saturated rings. The fraction of sp³-hybridized carbons (Fsp3) is 0.562. The number of carbonyl (C=O) groups is 2. The lowest BCUT2D eigenvalue weighted by Gasteiger charge is -2.32. The van der Waals surface area contributed by atoms with Crippen LogP contribution in [0.15, 0.2) is 18.6 Å². The number of piperidine rings is 1. The van der Waals surface area contributed by atoms with Crippen LogP contribution in [-0.4, -0.2) is 50.7 Å². The van der Waals surface area contributed by atoms with Crippen LogP contribution in [0.4, 0.5) is 4.79 Å². The Hall–Kier alpha value is -2.31. The second-order valence-electron chi connectivity index (χ2n) is 6.64. The van der Waals surface area contributed by atoms with Crippen molar-refractivity contribution < 1.29 is 19.4 Å². The number of nitrogens with one attached hydrogen (secondary N) is 1. The molecule has 0 spiro atoms. The molecular weight excluding hydrogens is 298 g/mol. The van der Waals surface area contributed by atoms with Crippen molar-refractivity contribution in [3.05, 3.63) is 24.3 Å². The van der Waals surface area contributed by atoms with Gasteiger partial charge in [-0.3, -0.25) is 0 Å². The summed E-state index contributed by atoms with van der Waals surface area (Å²) in [7, 11) is 0. The van der Waals surface area contributed by atoms with E-state index in [0.717, 1.165) is 0 Å². The number of carboxylic acid groups (broad SMARTS) is 1. The highest BCUT2D eigenvalue weighted by Crippen LogP contribution is 2.24. The number of hydrogen-bond donors (Lipinski definition) is 2. The van der Waals surface area contributed by atoms with E-state index in [1.165, 1.54) is 6.33 Å². The Balaban J connectivity index is 1.97. The number of aliphatic carboxylic acids is 1. The SMILES string of the molecule is CC(C)(C)OC(=O)N1CCC(C=C(C(=O)O)c2c[nH]cn2)CC1. The minimum Gasteiger partial charge on any atom is -0.478 e. The predicted molar refractivity (Wildman–Crippen MR) is 84.7 cm³/mol. The minimum atomic E-state index is -0.994. The fourth-order valence-electron chi connectivity index (χ4n) is 2.48. The maximum atomic E-state index is 12.0. The van der Waals surface area contributed by atoms with E-state index in [2.05, 4.69) is 9.97 Å². The number of allylic oxidation sites excluding steroid dienone is 1. The number of hydrogen-bond acceptors (Lipinski definition) is 4. The van der Waals surface area contributed by atoms with Gasteiger partial charge in [0.25, 0.3) is 0 Å². The van der Waals surface area contributed by atoms with Crippen molar-refractivity contribution in [3.63, 3.8) is 0 Å². The number of nitrogens with zero attached hydrogens (tertiary/aromatic N) is 2. The highest BCUT2D eigenvalue weighted by Gasteiger charge is 2.27. The monoisotopic (exact) mass is 321 g/mol. The number of rotatable bonds is 3. The number of carbonyl (C=O) groups excluding carboxylic acids is 1. The first-order valence-corrected chi connectivity index (χ1v) is 7.68. The number of ether oxygens (including phenoxy) is 1. The molecule has 2 heterocycles. The van der Waals surface area contributed by atoms with Gasteiger partial charge in [0.05, 0.1) is 17.6 Å². The number of aromatic nitrogens is 2. The zero-order valence-electron chi connectivity index (χ0n) is 13.7. The molecule has 126 valence electrons. The Morgan fingerprint density at radius 1 is 1.39 bits per heavy atom. The number of imidazole rings is 1. The second-order valence-corrected chi connectivity index (χ2v) is 6.64. The van der Waals surface area contributed by atoms with E-state index in [1.54, 1.807) is 17.2 Å². The normalized spacial score (nSPS) is 17.2. The van der Waals surface area contributed by atoms with Crippen molar-refractivity contribution in [1.82, 2.24) is 14.9 Å². The summed E-state index contributed by atoms with van der Waals surface area (Å²) in [6.07, 6.45) is 5.87. The quantitative estimate of drug-likeness (QED) is 0.834. The van der Waals surface area contributed by atoms with Crippen molar-refractivity contribution in [2.45, 2.75) is 39.2 Å². The lowest BCUT2D eigenvalue weighted by Crippen LogP contribution is -2.41. The van der Waals surface area contributed by atoms with Crippen molar-refractivity contribution in [2.24, 2.45) is 5.92 Å². The lowest BCUT2D eigenvalue weighted by atomic mass is 9.94. The average molecular weight is 321 g/mol. The number of carboxylic acids is 1. The standard InChI is InChI=1S/C16H23N3O4/c1-16(2,3)23-15(22)19-6-4-11(5-7-19)8-12(14(20)21)13-9-17-10-18-13/h8-11H,4-7H2,1-3H3,(H,17,18)(H,20,21). The molecule has 0 bridgehead atoms. The van der Waals surface area contributed by atoms with Gasteiger partial charge in [0, 0.05) is 19.3 Å². The molecule has 0 aliphatic carbocycles. The maximum Gasteiger partial charge on any atom is 0.410 e. The van der Waals surface area contributed by atoms with Gasteiger partial charge in [-0.25, -0.2) is 14.6 Å². The van der Waals surface area contributed by atoms with Crippen LogP contribution in [0.3, 0.4) is 0 Å². The zero-order chi connectivity index (χ0) is 17.0. The van der Waals surface area contributed by atoms with E-state index in [1.807, 2.05) is 20.8 Å². The van der Waals surface area contributed by atoms with Crippen molar-refractivity contribution >= 4 is 17.6 Å². The predicted octanol–water partition coefficient (Wildman–Crippen LogP) is 2.52. The molecule has 0 aromatic carbocycles. The summed E-state index contributed by atoms with van der Waals surface area (Å²) in [4.78, 5) is 31.8. The van der Waals surface area contributed by atoms with Gasteiger partial charge < -0.3 is 19.7 Å². The minimum absolute atomic E-state index is 0.108. The molecule has 1 aliphatic rings. The molecule has 0 atom stereocenters.